The average molecular weight is 782 g/mol. The molecule has 0 N–H and O–H groups in total. The number of furan rings is 1. The Morgan fingerprint density at radius 1 is 0.492 bits per heavy atom. The van der Waals surface area contributed by atoms with Crippen molar-refractivity contribution in [3.05, 3.63) is 230 Å². The summed E-state index contributed by atoms with van der Waals surface area (Å²) in [5, 5.41) is 4.61. The molecule has 0 atom stereocenters. The first-order chi connectivity index (χ1) is 30.0. The highest BCUT2D eigenvalue weighted by Crippen LogP contribution is 2.55. The van der Waals surface area contributed by atoms with Crippen molar-refractivity contribution in [3.63, 3.8) is 0 Å². The van der Waals surface area contributed by atoms with E-state index in [9.17, 15) is 0 Å². The van der Waals surface area contributed by atoms with Crippen LogP contribution in [0.3, 0.4) is 0 Å². The molecule has 10 aromatic rings. The lowest BCUT2D eigenvalue weighted by atomic mass is 9.81. The number of allylic oxidation sites excluding steroid dienone is 2. The summed E-state index contributed by atoms with van der Waals surface area (Å²) in [6.45, 7) is 8.60. The summed E-state index contributed by atoms with van der Waals surface area (Å²) in [7, 11) is 0. The minimum atomic E-state index is -0.223. The van der Waals surface area contributed by atoms with Crippen molar-refractivity contribution >= 4 is 55.8 Å². The standard InChI is InChI=1S/C59H43NO/c1-4-5-16-41-17-8-9-20-46(41)42-31-29-39(30-32-42)40-33-35-45(36-34-40)60(54-27-14-24-50-47-21-10-12-25-52(47)59(2,3)58(50)54)53-26-13-11-22-48(53)49-23-15-28-55-57(49)51-37-43-18-6-7-19-44(43)38-56(51)61-55/h4-38H,1H2,2-3H3/b16-5-. The quantitative estimate of drug-likeness (QED) is 0.143. The van der Waals surface area contributed by atoms with Crippen LogP contribution in [0.4, 0.5) is 17.1 Å². The number of benzene rings is 9. The van der Waals surface area contributed by atoms with Gasteiger partial charge in [-0.15, -0.1) is 0 Å². The molecule has 0 bridgehead atoms. The smallest absolute Gasteiger partial charge is 0.136 e. The Kier molecular flexibility index (Phi) is 8.68. The van der Waals surface area contributed by atoms with E-state index < -0.39 is 0 Å². The number of hydrogen-bond acceptors (Lipinski definition) is 2. The van der Waals surface area contributed by atoms with Gasteiger partial charge in [-0.05, 0) is 109 Å². The predicted molar refractivity (Wildman–Crippen MR) is 259 cm³/mol. The minimum absolute atomic E-state index is 0.223. The fraction of sp³-hybridized carbons (Fsp3) is 0.0508. The van der Waals surface area contributed by atoms with Crippen molar-refractivity contribution in [2.75, 3.05) is 4.90 Å². The van der Waals surface area contributed by atoms with Gasteiger partial charge in [-0.3, -0.25) is 0 Å². The third kappa shape index (κ3) is 6.02. The van der Waals surface area contributed by atoms with Gasteiger partial charge in [-0.25, -0.2) is 0 Å². The van der Waals surface area contributed by atoms with Crippen LogP contribution in [-0.4, -0.2) is 0 Å². The molecule has 0 radical (unpaired) electrons. The summed E-state index contributed by atoms with van der Waals surface area (Å²) in [6.07, 6.45) is 5.92. The molecule has 2 heteroatoms. The maximum absolute atomic E-state index is 6.60. The monoisotopic (exact) mass is 781 g/mol. The molecule has 0 saturated carbocycles. The van der Waals surface area contributed by atoms with E-state index in [1.54, 1.807) is 0 Å². The maximum Gasteiger partial charge on any atom is 0.136 e. The Morgan fingerprint density at radius 3 is 1.87 bits per heavy atom. The molecular weight excluding hydrogens is 739 g/mol. The normalized spacial score (nSPS) is 12.9. The molecular formula is C59H43NO. The predicted octanol–water partition coefficient (Wildman–Crippen LogP) is 16.7. The number of rotatable bonds is 8. The summed E-state index contributed by atoms with van der Waals surface area (Å²) in [4.78, 5) is 2.48. The van der Waals surface area contributed by atoms with Crippen LogP contribution in [0.25, 0.3) is 83.3 Å². The number of nitrogens with zero attached hydrogens (tertiary/aromatic N) is 1. The summed E-state index contributed by atoms with van der Waals surface area (Å²) < 4.78 is 6.60. The Balaban J connectivity index is 1.08. The molecule has 0 spiro atoms. The number of hydrogen-bond donors (Lipinski definition) is 0. The molecule has 9 aromatic carbocycles. The molecule has 1 heterocycles. The van der Waals surface area contributed by atoms with Gasteiger partial charge in [0.05, 0.1) is 11.4 Å². The zero-order chi connectivity index (χ0) is 41.1. The zero-order valence-corrected chi connectivity index (χ0v) is 34.3. The highest BCUT2D eigenvalue weighted by Gasteiger charge is 2.39. The Bertz CT molecular complexity index is 3340. The fourth-order valence-corrected chi connectivity index (χ4v) is 9.77. The van der Waals surface area contributed by atoms with E-state index in [1.807, 2.05) is 12.2 Å². The highest BCUT2D eigenvalue weighted by atomic mass is 16.3. The highest BCUT2D eigenvalue weighted by molar-refractivity contribution is 6.16. The first kappa shape index (κ1) is 36.4. The van der Waals surface area contributed by atoms with Gasteiger partial charge in [0.25, 0.3) is 0 Å². The molecule has 0 saturated heterocycles. The van der Waals surface area contributed by atoms with E-state index in [2.05, 4.69) is 226 Å². The van der Waals surface area contributed by atoms with E-state index in [0.717, 1.165) is 50.0 Å². The van der Waals surface area contributed by atoms with Crippen molar-refractivity contribution in [3.8, 4) is 44.5 Å². The Morgan fingerprint density at radius 2 is 1.08 bits per heavy atom. The average Bonchev–Trinajstić information content (AvgIpc) is 3.79. The molecule has 0 unspecified atom stereocenters. The molecule has 61 heavy (non-hydrogen) atoms. The third-order valence-electron chi connectivity index (χ3n) is 12.6. The van der Waals surface area contributed by atoms with Gasteiger partial charge in [-0.2, -0.15) is 0 Å². The van der Waals surface area contributed by atoms with Gasteiger partial charge in [0.15, 0.2) is 0 Å². The topological polar surface area (TPSA) is 16.4 Å². The molecule has 1 aliphatic rings. The number of fused-ring (bicyclic) bond motifs is 7. The molecule has 0 aliphatic heterocycles. The lowest BCUT2D eigenvalue weighted by Crippen LogP contribution is -2.21. The second kappa shape index (κ2) is 14.5. The molecule has 1 aromatic heterocycles. The Labute approximate surface area is 357 Å². The van der Waals surface area contributed by atoms with E-state index in [-0.39, 0.29) is 5.41 Å². The molecule has 11 rings (SSSR count). The second-order valence-electron chi connectivity index (χ2n) is 16.5. The van der Waals surface area contributed by atoms with Gasteiger partial charge in [0.1, 0.15) is 11.2 Å². The van der Waals surface area contributed by atoms with Gasteiger partial charge in [0, 0.05) is 27.4 Å². The van der Waals surface area contributed by atoms with Crippen LogP contribution in [0.5, 0.6) is 0 Å². The Hall–Kier alpha value is -7.68. The van der Waals surface area contributed by atoms with Crippen molar-refractivity contribution in [2.45, 2.75) is 19.3 Å². The van der Waals surface area contributed by atoms with Crippen LogP contribution in [-0.2, 0) is 5.41 Å². The van der Waals surface area contributed by atoms with Crippen LogP contribution in [0.1, 0.15) is 30.5 Å². The molecule has 2 nitrogen and oxygen atoms in total. The summed E-state index contributed by atoms with van der Waals surface area (Å²) >= 11 is 0. The lowest BCUT2D eigenvalue weighted by molar-refractivity contribution is 0.661. The van der Waals surface area contributed by atoms with Gasteiger partial charge < -0.3 is 9.32 Å². The number of anilines is 3. The van der Waals surface area contributed by atoms with E-state index in [4.69, 9.17) is 4.42 Å². The van der Waals surface area contributed by atoms with Crippen LogP contribution in [0, 0.1) is 0 Å². The third-order valence-corrected chi connectivity index (χ3v) is 12.6. The van der Waals surface area contributed by atoms with Crippen molar-refractivity contribution < 1.29 is 4.42 Å². The summed E-state index contributed by atoms with van der Waals surface area (Å²) in [6, 6.07) is 70.5. The zero-order valence-electron chi connectivity index (χ0n) is 34.3. The van der Waals surface area contributed by atoms with E-state index >= 15 is 0 Å². The van der Waals surface area contributed by atoms with E-state index in [1.165, 1.54) is 61.0 Å². The maximum atomic E-state index is 6.60. The van der Waals surface area contributed by atoms with Crippen LogP contribution in [0.2, 0.25) is 0 Å². The lowest BCUT2D eigenvalue weighted by Gasteiger charge is -2.33. The fourth-order valence-electron chi connectivity index (χ4n) is 9.77. The minimum Gasteiger partial charge on any atom is -0.456 e. The number of para-hydroxylation sites is 1. The molecule has 1 aliphatic carbocycles. The van der Waals surface area contributed by atoms with Crippen molar-refractivity contribution in [1.29, 1.82) is 0 Å². The van der Waals surface area contributed by atoms with E-state index in [0.29, 0.717) is 0 Å². The first-order valence-electron chi connectivity index (χ1n) is 21.0. The van der Waals surface area contributed by atoms with Crippen LogP contribution in [0.15, 0.2) is 217 Å². The molecule has 290 valence electrons. The van der Waals surface area contributed by atoms with Crippen molar-refractivity contribution in [1.82, 2.24) is 0 Å². The summed E-state index contributed by atoms with van der Waals surface area (Å²) in [5.74, 6) is 0. The largest absolute Gasteiger partial charge is 0.456 e. The summed E-state index contributed by atoms with van der Waals surface area (Å²) in [5.41, 5.74) is 18.3. The van der Waals surface area contributed by atoms with Crippen LogP contribution < -0.4 is 4.90 Å². The van der Waals surface area contributed by atoms with Gasteiger partial charge in [0.2, 0.25) is 0 Å². The SMILES string of the molecule is C=C/C=C\c1ccccc1-c1ccc(-c2ccc(N(c3ccccc3-c3cccc4oc5cc6ccccc6cc5c34)c3cccc4c3C(C)(C)c3ccccc3-4)cc2)cc1. The molecule has 0 amide bonds. The van der Waals surface area contributed by atoms with Crippen LogP contribution >= 0.6 is 0 Å². The van der Waals surface area contributed by atoms with Crippen molar-refractivity contribution in [2.24, 2.45) is 0 Å². The molecule has 0 fully saturated rings. The first-order valence-corrected chi connectivity index (χ1v) is 21.0. The van der Waals surface area contributed by atoms with Gasteiger partial charge >= 0.3 is 0 Å². The van der Waals surface area contributed by atoms with Gasteiger partial charge in [-0.1, -0.05) is 190 Å². The second-order valence-corrected chi connectivity index (χ2v) is 16.5.